The van der Waals surface area contributed by atoms with Gasteiger partial charge in [0, 0.05) is 20.4 Å². The molecule has 0 spiro atoms. The first-order valence-corrected chi connectivity index (χ1v) is 3.60. The summed E-state index contributed by atoms with van der Waals surface area (Å²) in [6.45, 7) is 2.82. The van der Waals surface area contributed by atoms with Crippen LogP contribution in [0.5, 0.6) is 0 Å². The summed E-state index contributed by atoms with van der Waals surface area (Å²) < 4.78 is 0. The molecule has 0 aromatic rings. The van der Waals surface area contributed by atoms with Gasteiger partial charge in [-0.3, -0.25) is 19.7 Å². The molecule has 4 N–H and O–H groups in total. The van der Waals surface area contributed by atoms with Crippen LogP contribution in [-0.4, -0.2) is 29.4 Å². The minimum Gasteiger partial charge on any atom is -0.481 e. The van der Waals surface area contributed by atoms with E-state index in [0.717, 1.165) is 0 Å². The van der Waals surface area contributed by atoms with Crippen LogP contribution >= 0.6 is 0 Å². The fraction of sp³-hybridized carbons (Fsp3) is 0.571. The number of aliphatic carboxylic acids is 1. The van der Waals surface area contributed by atoms with Gasteiger partial charge in [-0.1, -0.05) is 0 Å². The molecule has 6 heteroatoms. The number of carbonyl (C=O) groups is 3. The maximum absolute atomic E-state index is 9.92. The zero-order valence-electron chi connectivity index (χ0n) is 7.66. The quantitative estimate of drug-likeness (QED) is 0.522. The van der Waals surface area contributed by atoms with Gasteiger partial charge in [0.2, 0.25) is 11.8 Å². The minimum atomic E-state index is -0.836. The Bertz CT molecular complexity index is 179. The number of carboxylic acid groups (broad SMARTS) is 1. The van der Waals surface area contributed by atoms with Crippen LogP contribution in [0.1, 0.15) is 20.3 Å². The Morgan fingerprint density at radius 3 is 1.62 bits per heavy atom. The van der Waals surface area contributed by atoms with Crippen LogP contribution in [0.25, 0.3) is 0 Å². The van der Waals surface area contributed by atoms with E-state index < -0.39 is 5.97 Å². The lowest BCUT2D eigenvalue weighted by Gasteiger charge is -1.88. The lowest BCUT2D eigenvalue weighted by molar-refractivity contribution is -0.136. The topological polar surface area (TPSA) is 109 Å². The van der Waals surface area contributed by atoms with Gasteiger partial charge in [0.25, 0.3) is 0 Å². The van der Waals surface area contributed by atoms with Gasteiger partial charge in [-0.15, -0.1) is 0 Å². The molecule has 0 rings (SSSR count). The summed E-state index contributed by atoms with van der Waals surface area (Å²) in [7, 11) is 0. The molecule has 13 heavy (non-hydrogen) atoms. The average molecular weight is 190 g/mol. The van der Waals surface area contributed by atoms with Crippen molar-refractivity contribution < 1.29 is 19.5 Å². The predicted octanol–water partition coefficient (Wildman–Crippen LogP) is -0.911. The Balaban J connectivity index is 0. The zero-order valence-corrected chi connectivity index (χ0v) is 7.66. The van der Waals surface area contributed by atoms with Crippen molar-refractivity contribution in [3.8, 4) is 0 Å². The Morgan fingerprint density at radius 2 is 1.62 bits per heavy atom. The fourth-order valence-electron chi connectivity index (χ4n) is 0.371. The summed E-state index contributed by atoms with van der Waals surface area (Å²) in [4.78, 5) is 29.4. The maximum atomic E-state index is 9.92. The van der Waals surface area contributed by atoms with Gasteiger partial charge < -0.3 is 10.8 Å². The second kappa shape index (κ2) is 8.66. The number of carbonyl (C=O) groups excluding carboxylic acids is 2. The molecule has 0 bridgehead atoms. The molecular formula is C7H14N2O4. The van der Waals surface area contributed by atoms with Crippen molar-refractivity contribution in [1.29, 1.82) is 0 Å². The molecule has 0 aliphatic heterocycles. The SMILES string of the molecule is CC(=O)NC(C)=O.NCCC(=O)O. The van der Waals surface area contributed by atoms with Gasteiger partial charge in [0.15, 0.2) is 0 Å². The van der Waals surface area contributed by atoms with Crippen LogP contribution in [0.3, 0.4) is 0 Å². The van der Waals surface area contributed by atoms with E-state index in [9.17, 15) is 14.4 Å². The van der Waals surface area contributed by atoms with Gasteiger partial charge in [-0.25, -0.2) is 0 Å². The highest BCUT2D eigenvalue weighted by Gasteiger charge is 1.90. The van der Waals surface area contributed by atoms with Crippen LogP contribution in [0.15, 0.2) is 0 Å². The van der Waals surface area contributed by atoms with Crippen molar-refractivity contribution in [2.45, 2.75) is 20.3 Å². The van der Waals surface area contributed by atoms with Gasteiger partial charge in [-0.2, -0.15) is 0 Å². The van der Waals surface area contributed by atoms with Crippen molar-refractivity contribution in [3.63, 3.8) is 0 Å². The summed E-state index contributed by atoms with van der Waals surface area (Å²) in [6, 6.07) is 0. The van der Waals surface area contributed by atoms with Gasteiger partial charge in [0.05, 0.1) is 6.42 Å². The normalized spacial score (nSPS) is 7.92. The van der Waals surface area contributed by atoms with E-state index in [4.69, 9.17) is 10.8 Å². The van der Waals surface area contributed by atoms with E-state index in [-0.39, 0.29) is 24.8 Å². The third kappa shape index (κ3) is 25.0. The van der Waals surface area contributed by atoms with Gasteiger partial charge >= 0.3 is 5.97 Å². The predicted molar refractivity (Wildman–Crippen MR) is 45.8 cm³/mol. The van der Waals surface area contributed by atoms with E-state index in [1.807, 2.05) is 5.32 Å². The molecule has 0 aromatic heterocycles. The molecule has 0 aromatic carbocycles. The number of hydrogen-bond donors (Lipinski definition) is 3. The number of nitrogens with two attached hydrogens (primary N) is 1. The van der Waals surface area contributed by atoms with E-state index >= 15 is 0 Å². The zero-order chi connectivity index (χ0) is 10.9. The molecule has 0 heterocycles. The maximum Gasteiger partial charge on any atom is 0.304 e. The second-order valence-electron chi connectivity index (χ2n) is 2.17. The first-order valence-electron chi connectivity index (χ1n) is 3.60. The summed E-state index contributed by atoms with van der Waals surface area (Å²) >= 11 is 0. The van der Waals surface area contributed by atoms with E-state index in [1.165, 1.54) is 13.8 Å². The number of amides is 2. The Morgan fingerprint density at radius 1 is 1.23 bits per heavy atom. The molecule has 0 aliphatic carbocycles. The monoisotopic (exact) mass is 190 g/mol. The third-order valence-corrected chi connectivity index (χ3v) is 0.710. The van der Waals surface area contributed by atoms with E-state index in [0.29, 0.717) is 0 Å². The summed E-state index contributed by atoms with van der Waals surface area (Å²) in [6.07, 6.45) is 0.0694. The number of rotatable bonds is 2. The van der Waals surface area contributed by atoms with E-state index in [2.05, 4.69) is 0 Å². The number of carboxylic acids is 1. The molecule has 6 nitrogen and oxygen atoms in total. The van der Waals surface area contributed by atoms with Crippen molar-refractivity contribution >= 4 is 17.8 Å². The van der Waals surface area contributed by atoms with Gasteiger partial charge in [-0.05, 0) is 0 Å². The first kappa shape index (κ1) is 14.1. The van der Waals surface area contributed by atoms with Crippen molar-refractivity contribution in [1.82, 2.24) is 5.32 Å². The standard InChI is InChI=1S/C4H7NO2.C3H7NO2/c1-3(6)5-4(2)7;4-2-1-3(5)6/h1-2H3,(H,5,6,7);1-2,4H2,(H,5,6). The highest BCUT2D eigenvalue weighted by molar-refractivity contribution is 5.92. The van der Waals surface area contributed by atoms with Crippen LogP contribution in [0.2, 0.25) is 0 Å². The number of nitrogens with one attached hydrogen (secondary N) is 1. The largest absolute Gasteiger partial charge is 0.481 e. The van der Waals surface area contributed by atoms with Gasteiger partial charge in [0.1, 0.15) is 0 Å². The molecular weight excluding hydrogens is 176 g/mol. The number of hydrogen-bond acceptors (Lipinski definition) is 4. The molecule has 0 saturated heterocycles. The Hall–Kier alpha value is -1.43. The molecule has 0 atom stereocenters. The third-order valence-electron chi connectivity index (χ3n) is 0.710. The summed E-state index contributed by atoms with van der Waals surface area (Å²) in [5.74, 6) is -1.46. The van der Waals surface area contributed by atoms with Crippen molar-refractivity contribution in [2.24, 2.45) is 5.73 Å². The first-order chi connectivity index (χ1) is 5.90. The highest BCUT2D eigenvalue weighted by atomic mass is 16.4. The molecule has 0 fully saturated rings. The molecule has 0 aliphatic rings. The Kier molecular flexibility index (Phi) is 9.41. The van der Waals surface area contributed by atoms with Crippen molar-refractivity contribution in [2.75, 3.05) is 6.54 Å². The molecule has 0 radical (unpaired) electrons. The highest BCUT2D eigenvalue weighted by Crippen LogP contribution is 1.67. The summed E-state index contributed by atoms with van der Waals surface area (Å²) in [5, 5.41) is 9.86. The number of imide groups is 1. The molecule has 2 amide bonds. The molecule has 76 valence electrons. The Labute approximate surface area is 76.1 Å². The lowest BCUT2D eigenvalue weighted by atomic mass is 10.5. The second-order valence-corrected chi connectivity index (χ2v) is 2.17. The smallest absolute Gasteiger partial charge is 0.304 e. The average Bonchev–Trinajstić information content (AvgIpc) is 1.83. The van der Waals surface area contributed by atoms with Crippen LogP contribution in [0.4, 0.5) is 0 Å². The van der Waals surface area contributed by atoms with Crippen molar-refractivity contribution in [3.05, 3.63) is 0 Å². The minimum absolute atomic E-state index is 0.0694. The fourth-order valence-corrected chi connectivity index (χ4v) is 0.371. The van der Waals surface area contributed by atoms with Crippen LogP contribution in [-0.2, 0) is 14.4 Å². The molecule has 0 unspecified atom stereocenters. The van der Waals surface area contributed by atoms with Crippen LogP contribution < -0.4 is 11.1 Å². The molecule has 0 saturated carbocycles. The van der Waals surface area contributed by atoms with E-state index in [1.54, 1.807) is 0 Å². The lowest BCUT2D eigenvalue weighted by Crippen LogP contribution is -2.24. The van der Waals surface area contributed by atoms with Crippen LogP contribution in [0, 0.1) is 0 Å². The summed E-state index contributed by atoms with van der Waals surface area (Å²) in [5.41, 5.74) is 4.85.